The van der Waals surface area contributed by atoms with E-state index in [0.717, 1.165) is 55.7 Å². The highest BCUT2D eigenvalue weighted by Crippen LogP contribution is 2.24. The average Bonchev–Trinajstić information content (AvgIpc) is 2.76. The first-order chi connectivity index (χ1) is 14.6. The molecule has 0 unspecified atom stereocenters. The number of nitrogens with zero attached hydrogens (tertiary/aromatic N) is 2. The van der Waals surface area contributed by atoms with E-state index in [1.807, 2.05) is 24.4 Å². The lowest BCUT2D eigenvalue weighted by Gasteiger charge is -2.28. The molecule has 6 heteroatoms. The lowest BCUT2D eigenvalue weighted by atomic mass is 10.00. The Morgan fingerprint density at radius 3 is 2.50 bits per heavy atom. The number of nitrogens with one attached hydrogen (secondary N) is 1. The number of rotatable bonds is 5. The average molecular weight is 424 g/mol. The molecule has 3 aromatic rings. The van der Waals surface area contributed by atoms with Crippen molar-refractivity contribution >= 4 is 18.3 Å². The summed E-state index contributed by atoms with van der Waals surface area (Å²) in [6, 6.07) is 13.3. The first kappa shape index (κ1) is 20.6. The molecule has 1 aromatic heterocycles. The molecule has 0 saturated carbocycles. The van der Waals surface area contributed by atoms with Crippen LogP contribution in [-0.4, -0.2) is 34.5 Å². The second kappa shape index (κ2) is 9.41. The standard InChI is InChI=1S/C24H23F2N3S/c25-21-7-5-18(6-8-21)23-20(16-27-24(30)28-23)11-14-29-12-9-17(10-13-29)15-19-3-1-2-4-22(19)26/h1-8,15-16H,9-14H2,(H,27,28,30). The van der Waals surface area contributed by atoms with Gasteiger partial charge in [0, 0.05) is 31.4 Å². The topological polar surface area (TPSA) is 31.9 Å². The zero-order valence-corrected chi connectivity index (χ0v) is 17.4. The fourth-order valence-electron chi connectivity index (χ4n) is 3.78. The third-order valence-electron chi connectivity index (χ3n) is 5.48. The first-order valence-electron chi connectivity index (χ1n) is 10.1. The van der Waals surface area contributed by atoms with Crippen LogP contribution in [0.3, 0.4) is 0 Å². The molecule has 0 bridgehead atoms. The molecule has 1 saturated heterocycles. The summed E-state index contributed by atoms with van der Waals surface area (Å²) in [6.45, 7) is 2.79. The molecule has 154 valence electrons. The fourth-order valence-corrected chi connectivity index (χ4v) is 3.94. The zero-order chi connectivity index (χ0) is 20.9. The summed E-state index contributed by atoms with van der Waals surface area (Å²) >= 11 is 5.19. The number of aromatic amines is 1. The summed E-state index contributed by atoms with van der Waals surface area (Å²) in [5, 5.41) is 0. The molecule has 1 aliphatic heterocycles. The SMILES string of the molecule is Fc1ccc(-c2[nH]c(=S)ncc2CCN2CCC(=Cc3ccccc3F)CC2)cc1. The highest BCUT2D eigenvalue weighted by Gasteiger charge is 2.15. The Labute approximate surface area is 180 Å². The van der Waals surface area contributed by atoms with Gasteiger partial charge in [-0.05, 0) is 72.9 Å². The number of halogens is 2. The van der Waals surface area contributed by atoms with Crippen molar-refractivity contribution in [1.82, 2.24) is 14.9 Å². The van der Waals surface area contributed by atoms with E-state index >= 15 is 0 Å². The van der Waals surface area contributed by atoms with E-state index in [0.29, 0.717) is 10.3 Å². The van der Waals surface area contributed by atoms with Crippen LogP contribution in [0.25, 0.3) is 17.3 Å². The van der Waals surface area contributed by atoms with E-state index in [2.05, 4.69) is 14.9 Å². The van der Waals surface area contributed by atoms with E-state index in [-0.39, 0.29) is 11.6 Å². The third-order valence-corrected chi connectivity index (χ3v) is 5.69. The summed E-state index contributed by atoms with van der Waals surface area (Å²) in [4.78, 5) is 9.80. The van der Waals surface area contributed by atoms with Crippen molar-refractivity contribution in [3.63, 3.8) is 0 Å². The van der Waals surface area contributed by atoms with Crippen molar-refractivity contribution in [2.45, 2.75) is 19.3 Å². The molecule has 1 N–H and O–H groups in total. The minimum atomic E-state index is -0.263. The van der Waals surface area contributed by atoms with Gasteiger partial charge in [0.2, 0.25) is 0 Å². The molecule has 1 fully saturated rings. The smallest absolute Gasteiger partial charge is 0.197 e. The van der Waals surface area contributed by atoms with Crippen molar-refractivity contribution in [3.8, 4) is 11.3 Å². The van der Waals surface area contributed by atoms with Crippen LogP contribution in [0, 0.1) is 16.4 Å². The van der Waals surface area contributed by atoms with E-state index in [9.17, 15) is 8.78 Å². The van der Waals surface area contributed by atoms with Crippen molar-refractivity contribution in [2.24, 2.45) is 0 Å². The van der Waals surface area contributed by atoms with Crippen LogP contribution in [0.15, 0.2) is 60.3 Å². The highest BCUT2D eigenvalue weighted by atomic mass is 32.1. The fraction of sp³-hybridized carbons (Fsp3) is 0.250. The molecule has 0 atom stereocenters. The number of likely N-dealkylation sites (tertiary alicyclic amines) is 1. The van der Waals surface area contributed by atoms with E-state index in [4.69, 9.17) is 12.2 Å². The maximum absolute atomic E-state index is 13.9. The van der Waals surface area contributed by atoms with E-state index in [1.54, 1.807) is 18.2 Å². The van der Waals surface area contributed by atoms with Gasteiger partial charge in [-0.2, -0.15) is 0 Å². The zero-order valence-electron chi connectivity index (χ0n) is 16.6. The van der Waals surface area contributed by atoms with Gasteiger partial charge in [0.25, 0.3) is 0 Å². The minimum absolute atomic E-state index is 0.172. The summed E-state index contributed by atoms with van der Waals surface area (Å²) in [5.74, 6) is -0.435. The molecule has 0 radical (unpaired) electrons. The molecule has 0 amide bonds. The van der Waals surface area contributed by atoms with Crippen molar-refractivity contribution < 1.29 is 8.78 Å². The van der Waals surface area contributed by atoms with E-state index < -0.39 is 0 Å². The van der Waals surface area contributed by atoms with Crippen LogP contribution in [0.4, 0.5) is 8.78 Å². The van der Waals surface area contributed by atoms with E-state index in [1.165, 1.54) is 23.8 Å². The predicted molar refractivity (Wildman–Crippen MR) is 119 cm³/mol. The molecule has 4 rings (SSSR count). The molecule has 2 aromatic carbocycles. The lowest BCUT2D eigenvalue weighted by molar-refractivity contribution is 0.260. The van der Waals surface area contributed by atoms with Crippen LogP contribution >= 0.6 is 12.2 Å². The van der Waals surface area contributed by atoms with Gasteiger partial charge >= 0.3 is 0 Å². The predicted octanol–water partition coefficient (Wildman–Crippen LogP) is 5.81. The monoisotopic (exact) mass is 423 g/mol. The molecular weight excluding hydrogens is 400 g/mol. The number of benzene rings is 2. The van der Waals surface area contributed by atoms with Crippen molar-refractivity contribution in [1.29, 1.82) is 0 Å². The Bertz CT molecular complexity index is 1100. The third kappa shape index (κ3) is 5.07. The Morgan fingerprint density at radius 2 is 1.77 bits per heavy atom. The van der Waals surface area contributed by atoms with Gasteiger partial charge in [-0.15, -0.1) is 0 Å². The summed E-state index contributed by atoms with van der Waals surface area (Å²) in [5.41, 5.74) is 4.80. The van der Waals surface area contributed by atoms with Crippen LogP contribution < -0.4 is 0 Å². The quantitative estimate of drug-likeness (QED) is 0.526. The van der Waals surface area contributed by atoms with Gasteiger partial charge in [-0.3, -0.25) is 0 Å². The van der Waals surface area contributed by atoms with Crippen LogP contribution in [0.5, 0.6) is 0 Å². The number of aromatic nitrogens is 2. The molecule has 0 aliphatic carbocycles. The van der Waals surface area contributed by atoms with Crippen molar-refractivity contribution in [2.75, 3.05) is 19.6 Å². The lowest BCUT2D eigenvalue weighted by Crippen LogP contribution is -2.32. The van der Waals surface area contributed by atoms with Gasteiger partial charge in [0.15, 0.2) is 4.77 Å². The molecule has 30 heavy (non-hydrogen) atoms. The van der Waals surface area contributed by atoms with Gasteiger partial charge in [0.05, 0.1) is 5.69 Å². The van der Waals surface area contributed by atoms with Crippen molar-refractivity contribution in [3.05, 3.63) is 87.8 Å². The minimum Gasteiger partial charge on any atom is -0.330 e. The number of piperidine rings is 1. The highest BCUT2D eigenvalue weighted by molar-refractivity contribution is 7.71. The van der Waals surface area contributed by atoms with Gasteiger partial charge in [0.1, 0.15) is 11.6 Å². The van der Waals surface area contributed by atoms with Crippen LogP contribution in [0.1, 0.15) is 24.0 Å². The van der Waals surface area contributed by atoms with Gasteiger partial charge in [-0.25, -0.2) is 13.8 Å². The second-order valence-electron chi connectivity index (χ2n) is 7.51. The maximum Gasteiger partial charge on any atom is 0.197 e. The molecule has 3 nitrogen and oxygen atoms in total. The molecular formula is C24H23F2N3S. The summed E-state index contributed by atoms with van der Waals surface area (Å²) in [6.07, 6.45) is 6.49. The van der Waals surface area contributed by atoms with Crippen LogP contribution in [-0.2, 0) is 6.42 Å². The molecule has 1 aliphatic rings. The Hall–Kier alpha value is -2.70. The number of hydrogen-bond acceptors (Lipinski definition) is 3. The largest absolute Gasteiger partial charge is 0.330 e. The van der Waals surface area contributed by atoms with Crippen LogP contribution in [0.2, 0.25) is 0 Å². The first-order valence-corrected chi connectivity index (χ1v) is 10.5. The Morgan fingerprint density at radius 1 is 1.03 bits per heavy atom. The normalized spacial score (nSPS) is 14.7. The molecule has 2 heterocycles. The Balaban J connectivity index is 1.40. The molecule has 0 spiro atoms. The van der Waals surface area contributed by atoms with Gasteiger partial charge < -0.3 is 9.88 Å². The summed E-state index contributed by atoms with van der Waals surface area (Å²) in [7, 11) is 0. The maximum atomic E-state index is 13.9. The number of hydrogen-bond donors (Lipinski definition) is 1. The number of H-pyrrole nitrogens is 1. The summed E-state index contributed by atoms with van der Waals surface area (Å²) < 4.78 is 27.6. The van der Waals surface area contributed by atoms with Gasteiger partial charge in [-0.1, -0.05) is 29.8 Å². The second-order valence-corrected chi connectivity index (χ2v) is 7.90. The Kier molecular flexibility index (Phi) is 6.45.